The van der Waals surface area contributed by atoms with E-state index in [-0.39, 0.29) is 11.3 Å². The molecule has 1 heterocycles. The van der Waals surface area contributed by atoms with Crippen molar-refractivity contribution in [3.8, 4) is 11.5 Å². The molecule has 0 atom stereocenters. The molecule has 142 valence electrons. The van der Waals surface area contributed by atoms with Gasteiger partial charge in [-0.05, 0) is 31.0 Å². The number of nitro benzene ring substituents is 1. The molecule has 27 heavy (non-hydrogen) atoms. The zero-order chi connectivity index (χ0) is 19.4. The summed E-state index contributed by atoms with van der Waals surface area (Å²) in [5.41, 5.74) is 1.26. The summed E-state index contributed by atoms with van der Waals surface area (Å²) < 4.78 is 10.5. The van der Waals surface area contributed by atoms with Crippen LogP contribution in [0.25, 0.3) is 0 Å². The lowest BCUT2D eigenvalue weighted by molar-refractivity contribution is -0.384. The number of non-ortho nitro benzene ring substituents is 1. The molecule has 1 saturated heterocycles. The van der Waals surface area contributed by atoms with Crippen molar-refractivity contribution < 1.29 is 19.2 Å². The number of carbonyl (C=O) groups is 1. The van der Waals surface area contributed by atoms with Crippen molar-refractivity contribution >= 4 is 23.0 Å². The van der Waals surface area contributed by atoms with E-state index >= 15 is 0 Å². The number of rotatable bonds is 6. The van der Waals surface area contributed by atoms with E-state index in [9.17, 15) is 14.9 Å². The Bertz CT molecular complexity index is 862. The smallest absolute Gasteiger partial charge is 0.270 e. The number of hydrogen-bond acceptors (Lipinski definition) is 6. The zero-order valence-corrected chi connectivity index (χ0v) is 15.2. The number of methoxy groups -OCH3 is 2. The fourth-order valence-corrected chi connectivity index (χ4v) is 3.15. The largest absolute Gasteiger partial charge is 0.497 e. The fourth-order valence-electron chi connectivity index (χ4n) is 3.15. The van der Waals surface area contributed by atoms with E-state index in [0.29, 0.717) is 22.9 Å². The maximum absolute atomic E-state index is 13.0. The van der Waals surface area contributed by atoms with Gasteiger partial charge in [0.2, 0.25) is 0 Å². The van der Waals surface area contributed by atoms with Crippen LogP contribution in [-0.2, 0) is 0 Å². The summed E-state index contributed by atoms with van der Waals surface area (Å²) in [4.78, 5) is 25.7. The number of ether oxygens (including phenoxy) is 2. The van der Waals surface area contributed by atoms with Crippen LogP contribution in [0.3, 0.4) is 0 Å². The molecular weight excluding hydrogens is 350 g/mol. The molecule has 1 amide bonds. The van der Waals surface area contributed by atoms with E-state index in [4.69, 9.17) is 9.47 Å². The number of nitrogens with one attached hydrogen (secondary N) is 1. The van der Waals surface area contributed by atoms with Gasteiger partial charge in [-0.15, -0.1) is 0 Å². The Morgan fingerprint density at radius 2 is 1.85 bits per heavy atom. The molecule has 1 N–H and O–H groups in total. The van der Waals surface area contributed by atoms with Crippen LogP contribution in [0.2, 0.25) is 0 Å². The Hall–Kier alpha value is -3.29. The quantitative estimate of drug-likeness (QED) is 0.617. The summed E-state index contributed by atoms with van der Waals surface area (Å²) in [6.07, 6.45) is 2.06. The van der Waals surface area contributed by atoms with Crippen molar-refractivity contribution in [1.82, 2.24) is 0 Å². The second kappa shape index (κ2) is 7.94. The van der Waals surface area contributed by atoms with Gasteiger partial charge in [-0.1, -0.05) is 0 Å². The van der Waals surface area contributed by atoms with Gasteiger partial charge in [0.15, 0.2) is 0 Å². The Kier molecular flexibility index (Phi) is 5.44. The average Bonchev–Trinajstić information content (AvgIpc) is 3.21. The van der Waals surface area contributed by atoms with Gasteiger partial charge in [-0.3, -0.25) is 14.9 Å². The Balaban J connectivity index is 1.98. The Morgan fingerprint density at radius 3 is 2.48 bits per heavy atom. The predicted octanol–water partition coefficient (Wildman–Crippen LogP) is 3.46. The molecule has 0 spiro atoms. The van der Waals surface area contributed by atoms with Crippen LogP contribution in [0.1, 0.15) is 23.2 Å². The van der Waals surface area contributed by atoms with Crippen LogP contribution in [-0.4, -0.2) is 38.1 Å². The van der Waals surface area contributed by atoms with Crippen molar-refractivity contribution in [2.75, 3.05) is 37.5 Å². The van der Waals surface area contributed by atoms with Gasteiger partial charge in [0.05, 0.1) is 36.1 Å². The van der Waals surface area contributed by atoms with Crippen LogP contribution < -0.4 is 19.7 Å². The molecule has 8 heteroatoms. The molecule has 2 aromatic carbocycles. The van der Waals surface area contributed by atoms with E-state index in [1.165, 1.54) is 26.4 Å². The normalized spacial score (nSPS) is 13.3. The SMILES string of the molecule is COc1ccc(OC)c(NC(=O)c2cc([N+](=O)[O-])ccc2N2CCCC2)c1. The minimum atomic E-state index is -0.503. The molecule has 0 aliphatic carbocycles. The molecule has 0 unspecified atom stereocenters. The average molecular weight is 371 g/mol. The van der Waals surface area contributed by atoms with Crippen LogP contribution >= 0.6 is 0 Å². The van der Waals surface area contributed by atoms with Gasteiger partial charge >= 0.3 is 0 Å². The monoisotopic (exact) mass is 371 g/mol. The van der Waals surface area contributed by atoms with Crippen molar-refractivity contribution in [3.63, 3.8) is 0 Å². The third-order valence-electron chi connectivity index (χ3n) is 4.54. The van der Waals surface area contributed by atoms with Crippen molar-refractivity contribution in [1.29, 1.82) is 0 Å². The maximum Gasteiger partial charge on any atom is 0.270 e. The minimum Gasteiger partial charge on any atom is -0.497 e. The van der Waals surface area contributed by atoms with Crippen molar-refractivity contribution in [2.24, 2.45) is 0 Å². The zero-order valence-electron chi connectivity index (χ0n) is 15.2. The molecule has 0 bridgehead atoms. The van der Waals surface area contributed by atoms with Crippen LogP contribution in [0, 0.1) is 10.1 Å². The van der Waals surface area contributed by atoms with Gasteiger partial charge in [0, 0.05) is 31.3 Å². The van der Waals surface area contributed by atoms with Crippen LogP contribution in [0.5, 0.6) is 11.5 Å². The highest BCUT2D eigenvalue weighted by molar-refractivity contribution is 6.09. The van der Waals surface area contributed by atoms with E-state index in [0.717, 1.165) is 25.9 Å². The van der Waals surface area contributed by atoms with E-state index in [1.807, 2.05) is 0 Å². The van der Waals surface area contributed by atoms with Crippen molar-refractivity contribution in [2.45, 2.75) is 12.8 Å². The topological polar surface area (TPSA) is 93.9 Å². The second-order valence-electron chi connectivity index (χ2n) is 6.17. The molecule has 1 aliphatic rings. The number of benzene rings is 2. The number of anilines is 2. The highest BCUT2D eigenvalue weighted by Gasteiger charge is 2.23. The minimum absolute atomic E-state index is 0.124. The lowest BCUT2D eigenvalue weighted by Gasteiger charge is -2.21. The molecule has 3 rings (SSSR count). The van der Waals surface area contributed by atoms with Crippen LogP contribution in [0.15, 0.2) is 36.4 Å². The molecular formula is C19H21N3O5. The van der Waals surface area contributed by atoms with Gasteiger partial charge in [0.1, 0.15) is 11.5 Å². The number of amides is 1. The number of nitro groups is 1. The lowest BCUT2D eigenvalue weighted by Crippen LogP contribution is -2.23. The summed E-state index contributed by atoms with van der Waals surface area (Å²) >= 11 is 0. The van der Waals surface area contributed by atoms with Gasteiger partial charge < -0.3 is 19.7 Å². The first kappa shape index (κ1) is 18.5. The summed E-state index contributed by atoms with van der Waals surface area (Å²) in [5.74, 6) is 0.592. The Labute approximate surface area is 156 Å². The highest BCUT2D eigenvalue weighted by atomic mass is 16.6. The van der Waals surface area contributed by atoms with E-state index in [2.05, 4.69) is 10.2 Å². The lowest BCUT2D eigenvalue weighted by atomic mass is 10.1. The van der Waals surface area contributed by atoms with E-state index in [1.54, 1.807) is 24.3 Å². The molecule has 1 fully saturated rings. The summed E-state index contributed by atoms with van der Waals surface area (Å²) in [6, 6.07) is 9.43. The van der Waals surface area contributed by atoms with Gasteiger partial charge in [0.25, 0.3) is 11.6 Å². The number of hydrogen-bond donors (Lipinski definition) is 1. The molecule has 0 radical (unpaired) electrons. The van der Waals surface area contributed by atoms with Gasteiger partial charge in [-0.2, -0.15) is 0 Å². The van der Waals surface area contributed by atoms with Crippen molar-refractivity contribution in [3.05, 3.63) is 52.1 Å². The second-order valence-corrected chi connectivity index (χ2v) is 6.17. The standard InChI is InChI=1S/C19H21N3O5/c1-26-14-6-8-18(27-2)16(12-14)20-19(23)15-11-13(22(24)25)5-7-17(15)21-9-3-4-10-21/h5-8,11-12H,3-4,9-10H2,1-2H3,(H,20,23). The fraction of sp³-hybridized carbons (Fsp3) is 0.316. The van der Waals surface area contributed by atoms with Gasteiger partial charge in [-0.25, -0.2) is 0 Å². The summed E-state index contributed by atoms with van der Waals surface area (Å²) in [5, 5.41) is 14.0. The highest BCUT2D eigenvalue weighted by Crippen LogP contribution is 2.32. The third kappa shape index (κ3) is 3.94. The Morgan fingerprint density at radius 1 is 1.11 bits per heavy atom. The molecule has 2 aromatic rings. The number of nitrogens with zero attached hydrogens (tertiary/aromatic N) is 2. The molecule has 0 saturated carbocycles. The van der Waals surface area contributed by atoms with Crippen LogP contribution in [0.4, 0.5) is 17.1 Å². The predicted molar refractivity (Wildman–Crippen MR) is 102 cm³/mol. The molecule has 8 nitrogen and oxygen atoms in total. The maximum atomic E-state index is 13.0. The first-order valence-electron chi connectivity index (χ1n) is 8.60. The number of carbonyl (C=O) groups excluding carboxylic acids is 1. The van der Waals surface area contributed by atoms with E-state index < -0.39 is 10.8 Å². The molecule has 1 aliphatic heterocycles. The third-order valence-corrected chi connectivity index (χ3v) is 4.54. The molecule has 0 aromatic heterocycles. The first-order chi connectivity index (χ1) is 13.0. The summed E-state index contributed by atoms with van der Waals surface area (Å²) in [7, 11) is 3.03. The summed E-state index contributed by atoms with van der Waals surface area (Å²) in [6.45, 7) is 1.64. The first-order valence-corrected chi connectivity index (χ1v) is 8.60.